The van der Waals surface area contributed by atoms with Crippen LogP contribution in [0, 0.1) is 17.2 Å². The molecule has 1 saturated carbocycles. The molecule has 4 atom stereocenters. The predicted octanol–water partition coefficient (Wildman–Crippen LogP) is 2.84. The van der Waals surface area contributed by atoms with Crippen LogP contribution in [0.4, 0.5) is 0 Å². The minimum Gasteiger partial charge on any atom is -0.495 e. The minimum absolute atomic E-state index is 0.150. The zero-order chi connectivity index (χ0) is 26.0. The molecule has 0 amide bonds. The summed E-state index contributed by atoms with van der Waals surface area (Å²) in [6.07, 6.45) is 3.99. The van der Waals surface area contributed by atoms with Crippen molar-refractivity contribution in [1.29, 1.82) is 5.26 Å². The molecule has 2 aromatic carbocycles. The molecule has 2 aliphatic heterocycles. The molecule has 8 nitrogen and oxygen atoms in total. The van der Waals surface area contributed by atoms with Gasteiger partial charge in [-0.1, -0.05) is 42.5 Å². The van der Waals surface area contributed by atoms with Gasteiger partial charge in [-0.15, -0.1) is 0 Å². The number of rotatable bonds is 6. The molecule has 3 N–H and O–H groups in total. The zero-order valence-corrected chi connectivity index (χ0v) is 20.9. The molecule has 1 aliphatic carbocycles. The molecule has 8 heteroatoms. The molecule has 1 aromatic heterocycles. The molecule has 0 bridgehead atoms. The number of hydrogen-bond acceptors (Lipinski definition) is 8. The molecule has 2 fully saturated rings. The first-order valence-corrected chi connectivity index (χ1v) is 12.4. The molecule has 1 saturated heterocycles. The molecule has 6 rings (SSSR count). The van der Waals surface area contributed by atoms with E-state index in [4.69, 9.17) is 19.3 Å². The van der Waals surface area contributed by atoms with Crippen LogP contribution in [0.2, 0.25) is 0 Å². The van der Waals surface area contributed by atoms with E-state index in [-0.39, 0.29) is 17.9 Å². The number of pyridine rings is 1. The zero-order valence-electron chi connectivity index (χ0n) is 20.9. The molecule has 4 unspecified atom stereocenters. The van der Waals surface area contributed by atoms with Gasteiger partial charge in [0.1, 0.15) is 17.1 Å². The maximum atomic E-state index is 13.0. The fraction of sp³-hybridized carbons (Fsp3) is 0.379. The quantitative estimate of drug-likeness (QED) is 0.472. The van der Waals surface area contributed by atoms with Crippen molar-refractivity contribution in [3.05, 3.63) is 89.2 Å². The summed E-state index contributed by atoms with van der Waals surface area (Å²) in [6, 6.07) is 20.0. The molecule has 0 spiro atoms. The number of hydrogen-bond donors (Lipinski definition) is 3. The SMILES string of the molecule is CO.COc1cncc2c1C1(O)C(CNC3COC3)CC(c3ccccc3)C1(c1ccc(C#N)cc1)O2. The van der Waals surface area contributed by atoms with E-state index in [0.717, 1.165) is 18.2 Å². The first-order valence-electron chi connectivity index (χ1n) is 12.4. The lowest BCUT2D eigenvalue weighted by Gasteiger charge is -2.42. The van der Waals surface area contributed by atoms with Crippen molar-refractivity contribution < 1.29 is 24.4 Å². The Bertz CT molecular complexity index is 1270. The third-order valence-electron chi connectivity index (χ3n) is 7.85. The van der Waals surface area contributed by atoms with E-state index in [9.17, 15) is 10.4 Å². The Morgan fingerprint density at radius 1 is 1.11 bits per heavy atom. The molecular weight excluding hydrogens is 470 g/mol. The molecule has 192 valence electrons. The summed E-state index contributed by atoms with van der Waals surface area (Å²) >= 11 is 0. The largest absolute Gasteiger partial charge is 0.495 e. The lowest BCUT2D eigenvalue weighted by Crippen LogP contribution is -2.54. The smallest absolute Gasteiger partial charge is 0.174 e. The third kappa shape index (κ3) is 3.78. The molecule has 3 heterocycles. The van der Waals surface area contributed by atoms with Gasteiger partial charge in [-0.3, -0.25) is 4.98 Å². The molecule has 0 radical (unpaired) electrons. The number of fused-ring (bicyclic) bond motifs is 3. The Hall–Kier alpha value is -3.48. The van der Waals surface area contributed by atoms with E-state index in [0.29, 0.717) is 48.8 Å². The number of ether oxygens (including phenoxy) is 3. The van der Waals surface area contributed by atoms with Gasteiger partial charge >= 0.3 is 0 Å². The van der Waals surface area contributed by atoms with Crippen molar-refractivity contribution in [3.8, 4) is 17.6 Å². The maximum absolute atomic E-state index is 13.0. The van der Waals surface area contributed by atoms with Crippen LogP contribution < -0.4 is 14.8 Å². The first kappa shape index (κ1) is 25.2. The number of benzene rings is 2. The summed E-state index contributed by atoms with van der Waals surface area (Å²) in [4.78, 5) is 4.32. The van der Waals surface area contributed by atoms with E-state index in [2.05, 4.69) is 28.5 Å². The lowest BCUT2D eigenvalue weighted by molar-refractivity contribution is -0.129. The molecule has 37 heavy (non-hydrogen) atoms. The fourth-order valence-corrected chi connectivity index (χ4v) is 6.16. The van der Waals surface area contributed by atoms with Crippen LogP contribution in [0.3, 0.4) is 0 Å². The van der Waals surface area contributed by atoms with Crippen LogP contribution in [0.15, 0.2) is 67.0 Å². The van der Waals surface area contributed by atoms with Gasteiger partial charge in [-0.05, 0) is 29.7 Å². The second-order valence-electron chi connectivity index (χ2n) is 9.55. The van der Waals surface area contributed by atoms with Gasteiger partial charge in [-0.2, -0.15) is 5.26 Å². The number of methoxy groups -OCH3 is 1. The summed E-state index contributed by atoms with van der Waals surface area (Å²) in [7, 11) is 2.59. The van der Waals surface area contributed by atoms with Crippen LogP contribution in [-0.4, -0.2) is 55.2 Å². The third-order valence-corrected chi connectivity index (χ3v) is 7.85. The van der Waals surface area contributed by atoms with E-state index >= 15 is 0 Å². The number of aliphatic hydroxyl groups excluding tert-OH is 1. The van der Waals surface area contributed by atoms with Gasteiger partial charge in [0.25, 0.3) is 0 Å². The van der Waals surface area contributed by atoms with Crippen LogP contribution in [0.1, 0.15) is 34.6 Å². The summed E-state index contributed by atoms with van der Waals surface area (Å²) < 4.78 is 17.9. The van der Waals surface area contributed by atoms with Gasteiger partial charge in [0.2, 0.25) is 0 Å². The number of aromatic nitrogens is 1. The van der Waals surface area contributed by atoms with Crippen molar-refractivity contribution >= 4 is 0 Å². The van der Waals surface area contributed by atoms with Crippen molar-refractivity contribution in [2.75, 3.05) is 34.0 Å². The van der Waals surface area contributed by atoms with Crippen LogP contribution in [0.5, 0.6) is 11.5 Å². The Kier molecular flexibility index (Phi) is 6.88. The van der Waals surface area contributed by atoms with Crippen LogP contribution in [0.25, 0.3) is 0 Å². The maximum Gasteiger partial charge on any atom is 0.174 e. The number of nitrogens with zero attached hydrogens (tertiary/aromatic N) is 2. The summed E-state index contributed by atoms with van der Waals surface area (Å²) in [5, 5.41) is 32.9. The lowest BCUT2D eigenvalue weighted by atomic mass is 9.70. The average Bonchev–Trinajstić information content (AvgIpc) is 3.34. The predicted molar refractivity (Wildman–Crippen MR) is 136 cm³/mol. The highest BCUT2D eigenvalue weighted by Gasteiger charge is 2.73. The monoisotopic (exact) mass is 501 g/mol. The Morgan fingerprint density at radius 3 is 2.46 bits per heavy atom. The van der Waals surface area contributed by atoms with Gasteiger partial charge in [0.05, 0.1) is 56.0 Å². The number of nitrogens with one attached hydrogen (secondary N) is 1. The van der Waals surface area contributed by atoms with Gasteiger partial charge in [0.15, 0.2) is 5.60 Å². The topological polar surface area (TPSA) is 117 Å². The Morgan fingerprint density at radius 2 is 1.84 bits per heavy atom. The van der Waals surface area contributed by atoms with Crippen molar-refractivity contribution in [2.24, 2.45) is 5.92 Å². The van der Waals surface area contributed by atoms with E-state index in [1.54, 1.807) is 31.6 Å². The average molecular weight is 502 g/mol. The second-order valence-corrected chi connectivity index (χ2v) is 9.55. The van der Waals surface area contributed by atoms with E-state index < -0.39 is 11.2 Å². The molecule has 3 aromatic rings. The molecular formula is C29H31N3O5. The minimum atomic E-state index is -1.40. The van der Waals surface area contributed by atoms with E-state index in [1.807, 2.05) is 30.3 Å². The highest BCUT2D eigenvalue weighted by Crippen LogP contribution is 2.69. The Labute approximate surface area is 216 Å². The van der Waals surface area contributed by atoms with Gasteiger partial charge < -0.3 is 29.7 Å². The van der Waals surface area contributed by atoms with Gasteiger partial charge in [-0.25, -0.2) is 0 Å². The fourth-order valence-electron chi connectivity index (χ4n) is 6.16. The van der Waals surface area contributed by atoms with Crippen molar-refractivity contribution in [1.82, 2.24) is 10.3 Å². The van der Waals surface area contributed by atoms with E-state index in [1.165, 1.54) is 0 Å². The van der Waals surface area contributed by atoms with Crippen LogP contribution >= 0.6 is 0 Å². The number of aliphatic hydroxyl groups is 2. The first-order chi connectivity index (χ1) is 18.1. The standard InChI is InChI=1S/C28H27N3O4.CH4O/c1-33-24-14-30-15-25-26(24)27(32)21(13-31-22-16-34-17-22)11-23(19-5-3-2-4-6-19)28(27,35-25)20-9-7-18(12-29)8-10-20;1-2/h2-10,14-15,21-23,31-32H,11,13,16-17H2,1H3;2H,1H3. The highest BCUT2D eigenvalue weighted by molar-refractivity contribution is 5.58. The summed E-state index contributed by atoms with van der Waals surface area (Å²) in [6.45, 7) is 1.95. The van der Waals surface area contributed by atoms with Crippen molar-refractivity contribution in [3.63, 3.8) is 0 Å². The second kappa shape index (κ2) is 10.1. The normalized spacial score (nSPS) is 27.5. The van der Waals surface area contributed by atoms with Crippen molar-refractivity contribution in [2.45, 2.75) is 29.6 Å². The molecule has 3 aliphatic rings. The Balaban J connectivity index is 0.00000137. The van der Waals surface area contributed by atoms with Crippen LogP contribution in [-0.2, 0) is 15.9 Å². The van der Waals surface area contributed by atoms with Gasteiger partial charge in [0, 0.05) is 25.5 Å². The summed E-state index contributed by atoms with van der Waals surface area (Å²) in [5.74, 6) is 0.699. The number of nitriles is 1. The highest BCUT2D eigenvalue weighted by atomic mass is 16.5. The summed E-state index contributed by atoms with van der Waals surface area (Å²) in [5.41, 5.74) is 0.576.